The number of benzene rings is 1. The third kappa shape index (κ3) is 2.99. The lowest BCUT2D eigenvalue weighted by Crippen LogP contribution is -2.40. The summed E-state index contributed by atoms with van der Waals surface area (Å²) in [4.78, 5) is 18.5. The highest BCUT2D eigenvalue weighted by Gasteiger charge is 2.19. The molecular formula is C17H17FN2O2. The molecule has 4 nitrogen and oxygen atoms in total. The molecule has 1 saturated heterocycles. The zero-order chi connectivity index (χ0) is 15.5. The van der Waals surface area contributed by atoms with Crippen LogP contribution < -0.4 is 0 Å². The van der Waals surface area contributed by atoms with E-state index in [2.05, 4.69) is 4.98 Å². The van der Waals surface area contributed by atoms with E-state index in [1.54, 1.807) is 29.3 Å². The van der Waals surface area contributed by atoms with Crippen molar-refractivity contribution in [3.8, 4) is 11.3 Å². The van der Waals surface area contributed by atoms with E-state index >= 15 is 0 Å². The van der Waals surface area contributed by atoms with E-state index in [1.807, 2.05) is 6.92 Å². The highest BCUT2D eigenvalue weighted by Crippen LogP contribution is 2.23. The van der Waals surface area contributed by atoms with Crippen LogP contribution in [0.5, 0.6) is 0 Å². The minimum atomic E-state index is -0.313. The molecular weight excluding hydrogens is 283 g/mol. The molecule has 1 fully saturated rings. The molecule has 0 radical (unpaired) electrons. The van der Waals surface area contributed by atoms with Gasteiger partial charge >= 0.3 is 0 Å². The maximum atomic E-state index is 13.5. The van der Waals surface area contributed by atoms with Crippen LogP contribution in [0.1, 0.15) is 15.9 Å². The van der Waals surface area contributed by atoms with Crippen molar-refractivity contribution in [1.82, 2.24) is 9.88 Å². The van der Waals surface area contributed by atoms with Gasteiger partial charge in [-0.25, -0.2) is 4.39 Å². The molecule has 2 heterocycles. The normalized spacial score (nSPS) is 14.9. The number of carbonyl (C=O) groups is 1. The number of amides is 1. The molecule has 0 aliphatic carbocycles. The van der Waals surface area contributed by atoms with Crippen LogP contribution in [0.25, 0.3) is 11.3 Å². The average Bonchev–Trinajstić information content (AvgIpc) is 2.57. The molecule has 1 aliphatic heterocycles. The molecule has 0 bridgehead atoms. The van der Waals surface area contributed by atoms with Crippen molar-refractivity contribution in [3.05, 3.63) is 53.5 Å². The molecule has 1 amide bonds. The first-order valence-corrected chi connectivity index (χ1v) is 7.25. The van der Waals surface area contributed by atoms with Gasteiger partial charge in [-0.15, -0.1) is 0 Å². The largest absolute Gasteiger partial charge is 0.378 e. The first-order chi connectivity index (χ1) is 10.6. The zero-order valence-electron chi connectivity index (χ0n) is 12.4. The second-order valence-electron chi connectivity index (χ2n) is 5.29. The molecule has 0 atom stereocenters. The molecule has 114 valence electrons. The lowest BCUT2D eigenvalue weighted by Gasteiger charge is -2.26. The van der Waals surface area contributed by atoms with Gasteiger partial charge in [0.05, 0.1) is 18.9 Å². The molecule has 3 rings (SSSR count). The van der Waals surface area contributed by atoms with Crippen LogP contribution in [0.4, 0.5) is 4.39 Å². The van der Waals surface area contributed by atoms with Gasteiger partial charge in [-0.1, -0.05) is 6.07 Å². The van der Waals surface area contributed by atoms with E-state index in [1.165, 1.54) is 12.1 Å². The van der Waals surface area contributed by atoms with Gasteiger partial charge in [0.2, 0.25) is 0 Å². The van der Waals surface area contributed by atoms with Crippen molar-refractivity contribution in [2.24, 2.45) is 0 Å². The lowest BCUT2D eigenvalue weighted by molar-refractivity contribution is 0.0303. The summed E-state index contributed by atoms with van der Waals surface area (Å²) in [6.45, 7) is 4.21. The van der Waals surface area contributed by atoms with E-state index in [0.29, 0.717) is 43.1 Å². The summed E-state index contributed by atoms with van der Waals surface area (Å²) < 4.78 is 18.7. The monoisotopic (exact) mass is 300 g/mol. The van der Waals surface area contributed by atoms with Gasteiger partial charge in [0, 0.05) is 30.4 Å². The highest BCUT2D eigenvalue weighted by atomic mass is 19.1. The van der Waals surface area contributed by atoms with Gasteiger partial charge in [0.25, 0.3) is 5.91 Å². The third-order valence-electron chi connectivity index (χ3n) is 3.78. The van der Waals surface area contributed by atoms with E-state index in [4.69, 9.17) is 4.74 Å². The minimum absolute atomic E-state index is 0.0407. The number of halogens is 1. The Kier molecular flexibility index (Phi) is 4.15. The Morgan fingerprint density at radius 2 is 2.00 bits per heavy atom. The Hall–Kier alpha value is -2.27. The van der Waals surface area contributed by atoms with Crippen LogP contribution in [0.2, 0.25) is 0 Å². The quantitative estimate of drug-likeness (QED) is 0.856. The Balaban J connectivity index is 1.92. The molecule has 0 unspecified atom stereocenters. The van der Waals surface area contributed by atoms with Crippen molar-refractivity contribution in [2.75, 3.05) is 26.3 Å². The second-order valence-corrected chi connectivity index (χ2v) is 5.29. The average molecular weight is 300 g/mol. The van der Waals surface area contributed by atoms with E-state index in [0.717, 1.165) is 5.56 Å². The van der Waals surface area contributed by atoms with Gasteiger partial charge in [-0.2, -0.15) is 0 Å². The van der Waals surface area contributed by atoms with Crippen molar-refractivity contribution in [1.29, 1.82) is 0 Å². The summed E-state index contributed by atoms with van der Waals surface area (Å²) in [6.07, 6.45) is 1.59. The van der Waals surface area contributed by atoms with Crippen LogP contribution in [0.15, 0.2) is 36.5 Å². The predicted octanol–water partition coefficient (Wildman–Crippen LogP) is 2.67. The smallest absolute Gasteiger partial charge is 0.254 e. The topological polar surface area (TPSA) is 42.4 Å². The Bertz CT molecular complexity index is 697. The zero-order valence-corrected chi connectivity index (χ0v) is 12.4. The first kappa shape index (κ1) is 14.7. The van der Waals surface area contributed by atoms with Gasteiger partial charge < -0.3 is 9.64 Å². The van der Waals surface area contributed by atoms with Crippen LogP contribution in [-0.4, -0.2) is 42.1 Å². The SMILES string of the molecule is Cc1ccc(F)cc1-c1cc(C(=O)N2CCOCC2)ccn1. The molecule has 1 aromatic carbocycles. The van der Waals surface area contributed by atoms with Gasteiger partial charge in [-0.3, -0.25) is 9.78 Å². The number of aromatic nitrogens is 1. The fourth-order valence-corrected chi connectivity index (χ4v) is 2.53. The van der Waals surface area contributed by atoms with Gasteiger partial charge in [-0.05, 0) is 36.8 Å². The predicted molar refractivity (Wildman–Crippen MR) is 81.1 cm³/mol. The van der Waals surface area contributed by atoms with Crippen LogP contribution in [0, 0.1) is 12.7 Å². The maximum absolute atomic E-state index is 13.5. The van der Waals surface area contributed by atoms with Crippen molar-refractivity contribution >= 4 is 5.91 Å². The summed E-state index contributed by atoms with van der Waals surface area (Å²) >= 11 is 0. The lowest BCUT2D eigenvalue weighted by atomic mass is 10.0. The van der Waals surface area contributed by atoms with Gasteiger partial charge in [0.15, 0.2) is 0 Å². The van der Waals surface area contributed by atoms with Crippen LogP contribution in [0.3, 0.4) is 0 Å². The number of morpholine rings is 1. The molecule has 2 aromatic rings. The molecule has 1 aliphatic rings. The number of hydrogen-bond donors (Lipinski definition) is 0. The molecule has 0 saturated carbocycles. The maximum Gasteiger partial charge on any atom is 0.254 e. The van der Waals surface area contributed by atoms with Crippen molar-refractivity contribution in [3.63, 3.8) is 0 Å². The van der Waals surface area contributed by atoms with Gasteiger partial charge in [0.1, 0.15) is 5.82 Å². The molecule has 0 spiro atoms. The molecule has 22 heavy (non-hydrogen) atoms. The second kappa shape index (κ2) is 6.23. The van der Waals surface area contributed by atoms with Crippen molar-refractivity contribution in [2.45, 2.75) is 6.92 Å². The molecule has 5 heteroatoms. The molecule has 1 aromatic heterocycles. The summed E-state index contributed by atoms with van der Waals surface area (Å²) in [5, 5.41) is 0. The number of hydrogen-bond acceptors (Lipinski definition) is 3. The van der Waals surface area contributed by atoms with E-state index < -0.39 is 0 Å². The number of carbonyl (C=O) groups excluding carboxylic acids is 1. The van der Waals surface area contributed by atoms with Crippen LogP contribution >= 0.6 is 0 Å². The summed E-state index contributed by atoms with van der Waals surface area (Å²) in [6, 6.07) is 7.99. The number of nitrogens with zero attached hydrogens (tertiary/aromatic N) is 2. The number of rotatable bonds is 2. The fraction of sp³-hybridized carbons (Fsp3) is 0.294. The van der Waals surface area contributed by atoms with E-state index in [9.17, 15) is 9.18 Å². The highest BCUT2D eigenvalue weighted by molar-refractivity contribution is 5.95. The van der Waals surface area contributed by atoms with Crippen molar-refractivity contribution < 1.29 is 13.9 Å². The fourth-order valence-electron chi connectivity index (χ4n) is 2.53. The Morgan fingerprint density at radius 3 is 2.77 bits per heavy atom. The Morgan fingerprint density at radius 1 is 1.23 bits per heavy atom. The number of ether oxygens (including phenoxy) is 1. The number of pyridine rings is 1. The first-order valence-electron chi connectivity index (χ1n) is 7.25. The van der Waals surface area contributed by atoms with Crippen LogP contribution in [-0.2, 0) is 4.74 Å². The standard InChI is InChI=1S/C17H17FN2O2/c1-12-2-3-14(18)11-15(12)16-10-13(4-5-19-16)17(21)20-6-8-22-9-7-20/h2-5,10-11H,6-9H2,1H3. The third-order valence-corrected chi connectivity index (χ3v) is 3.78. The minimum Gasteiger partial charge on any atom is -0.378 e. The molecule has 0 N–H and O–H groups in total. The number of aryl methyl sites for hydroxylation is 1. The van der Waals surface area contributed by atoms with E-state index in [-0.39, 0.29) is 11.7 Å². The summed E-state index contributed by atoms with van der Waals surface area (Å²) in [5.74, 6) is -0.353. The summed E-state index contributed by atoms with van der Waals surface area (Å²) in [7, 11) is 0. The summed E-state index contributed by atoms with van der Waals surface area (Å²) in [5.41, 5.74) is 2.80. The Labute approximate surface area is 128 Å².